The molecule has 3 N–H and O–H groups in total. The van der Waals surface area contributed by atoms with Gasteiger partial charge in [0, 0.05) is 11.6 Å². The minimum absolute atomic E-state index is 0.0944. The highest BCUT2D eigenvalue weighted by Gasteiger charge is 2.23. The zero-order chi connectivity index (χ0) is 15.4. The molecule has 1 aliphatic rings. The molecule has 1 fully saturated rings. The average molecular weight is 330 g/mol. The highest BCUT2D eigenvalue weighted by Crippen LogP contribution is 2.32. The minimum Gasteiger partial charge on any atom is -0.397 e. The van der Waals surface area contributed by atoms with Gasteiger partial charge in [-0.1, -0.05) is 36.5 Å². The van der Waals surface area contributed by atoms with E-state index in [1.165, 1.54) is 19.3 Å². The van der Waals surface area contributed by atoms with E-state index in [0.29, 0.717) is 33.9 Å². The molecule has 1 aromatic carbocycles. The number of carbonyl (C=O) groups excluding carboxylic acids is 1. The molecule has 21 heavy (non-hydrogen) atoms. The van der Waals surface area contributed by atoms with E-state index in [4.69, 9.17) is 28.9 Å². The molecule has 0 bridgehead atoms. The number of hydrogen-bond acceptors (Lipinski definition) is 3. The lowest BCUT2D eigenvalue weighted by molar-refractivity contribution is -0.117. The van der Waals surface area contributed by atoms with Gasteiger partial charge in [0.1, 0.15) is 0 Å². The summed E-state index contributed by atoms with van der Waals surface area (Å²) in [6, 6.07) is 3.15. The molecule has 0 radical (unpaired) electrons. The van der Waals surface area contributed by atoms with Crippen molar-refractivity contribution in [2.75, 3.05) is 30.7 Å². The molecular weight excluding hydrogens is 309 g/mol. The molecule has 1 heterocycles. The second-order valence-corrected chi connectivity index (χ2v) is 6.42. The molecule has 1 atom stereocenters. The smallest absolute Gasteiger partial charge is 0.238 e. The van der Waals surface area contributed by atoms with Gasteiger partial charge < -0.3 is 11.1 Å². The summed E-state index contributed by atoms with van der Waals surface area (Å²) in [4.78, 5) is 14.3. The van der Waals surface area contributed by atoms with Gasteiger partial charge in [0.05, 0.1) is 22.9 Å². The Labute approximate surface area is 135 Å². The predicted octanol–water partition coefficient (Wildman–Crippen LogP) is 3.64. The molecule has 6 heteroatoms. The lowest BCUT2D eigenvalue weighted by Gasteiger charge is -2.17. The molecule has 1 amide bonds. The summed E-state index contributed by atoms with van der Waals surface area (Å²) < 4.78 is 0. The fraction of sp³-hybridized carbons (Fsp3) is 0.533. The summed E-state index contributed by atoms with van der Waals surface area (Å²) in [5, 5.41) is 3.60. The van der Waals surface area contributed by atoms with Gasteiger partial charge in [-0.2, -0.15) is 0 Å². The molecule has 2 rings (SSSR count). The normalized spacial score (nSPS) is 18.9. The molecule has 0 aliphatic carbocycles. The number of nitrogens with one attached hydrogen (secondary N) is 1. The molecule has 116 valence electrons. The van der Waals surface area contributed by atoms with Crippen LogP contribution in [0.5, 0.6) is 0 Å². The van der Waals surface area contributed by atoms with Gasteiger partial charge in [0.25, 0.3) is 0 Å². The van der Waals surface area contributed by atoms with E-state index in [0.717, 1.165) is 13.1 Å². The quantitative estimate of drug-likeness (QED) is 0.811. The molecule has 1 aromatic rings. The first-order chi connectivity index (χ1) is 9.99. The minimum atomic E-state index is -0.0944. The van der Waals surface area contributed by atoms with Crippen LogP contribution in [-0.2, 0) is 4.79 Å². The van der Waals surface area contributed by atoms with Crippen LogP contribution in [0.4, 0.5) is 11.4 Å². The third-order valence-corrected chi connectivity index (χ3v) is 4.30. The van der Waals surface area contributed by atoms with Crippen molar-refractivity contribution in [1.82, 2.24) is 4.90 Å². The Kier molecular flexibility index (Phi) is 5.73. The van der Waals surface area contributed by atoms with E-state index in [-0.39, 0.29) is 5.91 Å². The maximum atomic E-state index is 12.1. The van der Waals surface area contributed by atoms with Crippen LogP contribution in [0, 0.1) is 5.92 Å². The number of anilines is 2. The van der Waals surface area contributed by atoms with Crippen molar-refractivity contribution in [3.8, 4) is 0 Å². The van der Waals surface area contributed by atoms with Crippen molar-refractivity contribution >= 4 is 40.5 Å². The molecule has 0 spiro atoms. The van der Waals surface area contributed by atoms with Gasteiger partial charge in [0.15, 0.2) is 0 Å². The van der Waals surface area contributed by atoms with Crippen LogP contribution in [0.15, 0.2) is 12.1 Å². The van der Waals surface area contributed by atoms with E-state index in [2.05, 4.69) is 17.1 Å². The molecular formula is C15H21Cl2N3O. The van der Waals surface area contributed by atoms with Gasteiger partial charge in [0.2, 0.25) is 5.91 Å². The first-order valence-corrected chi connectivity index (χ1v) is 8.02. The molecule has 0 saturated carbocycles. The highest BCUT2D eigenvalue weighted by atomic mass is 35.5. The summed E-state index contributed by atoms with van der Waals surface area (Å²) >= 11 is 11.9. The molecule has 4 nitrogen and oxygen atoms in total. The maximum absolute atomic E-state index is 12.1. The second kappa shape index (κ2) is 7.34. The monoisotopic (exact) mass is 329 g/mol. The number of nitrogens with zero attached hydrogens (tertiary/aromatic N) is 1. The third kappa shape index (κ3) is 4.50. The number of benzene rings is 1. The van der Waals surface area contributed by atoms with Gasteiger partial charge in [-0.25, -0.2) is 0 Å². The number of carbonyl (C=O) groups is 1. The van der Waals surface area contributed by atoms with Gasteiger partial charge in [-0.15, -0.1) is 0 Å². The predicted molar refractivity (Wildman–Crippen MR) is 89.0 cm³/mol. The Morgan fingerprint density at radius 2 is 2.24 bits per heavy atom. The zero-order valence-electron chi connectivity index (χ0n) is 12.2. The standard InChI is InChI=1S/C15H21Cl2N3O/c1-2-3-10-4-5-20(8-10)9-14(21)19-15-12(17)6-11(16)7-13(15)18/h6-7,10H,2-5,8-9,18H2,1H3,(H,19,21). The van der Waals surface area contributed by atoms with Crippen molar-refractivity contribution in [3.05, 3.63) is 22.2 Å². The number of likely N-dealkylation sites (tertiary alicyclic amines) is 1. The SMILES string of the molecule is CCCC1CCN(CC(=O)Nc2c(N)cc(Cl)cc2Cl)C1. The van der Waals surface area contributed by atoms with E-state index in [9.17, 15) is 4.79 Å². The number of hydrogen-bond donors (Lipinski definition) is 2. The third-order valence-electron chi connectivity index (χ3n) is 3.78. The van der Waals surface area contributed by atoms with Gasteiger partial charge in [-0.3, -0.25) is 9.69 Å². The van der Waals surface area contributed by atoms with Crippen LogP contribution in [0.2, 0.25) is 10.0 Å². The second-order valence-electron chi connectivity index (χ2n) is 5.58. The van der Waals surface area contributed by atoms with Crippen molar-refractivity contribution in [1.29, 1.82) is 0 Å². The highest BCUT2D eigenvalue weighted by molar-refractivity contribution is 6.37. The Hall–Kier alpha value is -0.970. The van der Waals surface area contributed by atoms with Crippen LogP contribution in [-0.4, -0.2) is 30.4 Å². The zero-order valence-corrected chi connectivity index (χ0v) is 13.7. The van der Waals surface area contributed by atoms with E-state index in [1.54, 1.807) is 12.1 Å². The average Bonchev–Trinajstić information content (AvgIpc) is 2.81. The number of nitrogen functional groups attached to an aromatic ring is 1. The Morgan fingerprint density at radius 3 is 2.90 bits per heavy atom. The first-order valence-electron chi connectivity index (χ1n) is 7.26. The number of amides is 1. The van der Waals surface area contributed by atoms with Crippen LogP contribution >= 0.6 is 23.2 Å². The lowest BCUT2D eigenvalue weighted by Crippen LogP contribution is -2.31. The largest absolute Gasteiger partial charge is 0.397 e. The fourth-order valence-electron chi connectivity index (χ4n) is 2.81. The van der Waals surface area contributed by atoms with Crippen LogP contribution in [0.1, 0.15) is 26.2 Å². The molecule has 1 aliphatic heterocycles. The van der Waals surface area contributed by atoms with Crippen molar-refractivity contribution in [2.24, 2.45) is 5.92 Å². The van der Waals surface area contributed by atoms with Crippen LogP contribution < -0.4 is 11.1 Å². The number of rotatable bonds is 5. The van der Waals surface area contributed by atoms with Crippen molar-refractivity contribution < 1.29 is 4.79 Å². The molecule has 1 saturated heterocycles. The maximum Gasteiger partial charge on any atom is 0.238 e. The summed E-state index contributed by atoms with van der Waals surface area (Å²) in [6.07, 6.45) is 3.60. The number of halogens is 2. The van der Waals surface area contributed by atoms with Crippen LogP contribution in [0.25, 0.3) is 0 Å². The van der Waals surface area contributed by atoms with E-state index >= 15 is 0 Å². The van der Waals surface area contributed by atoms with Gasteiger partial charge >= 0.3 is 0 Å². The summed E-state index contributed by atoms with van der Waals surface area (Å²) in [5.74, 6) is 0.620. The summed E-state index contributed by atoms with van der Waals surface area (Å²) in [5.41, 5.74) is 6.66. The summed E-state index contributed by atoms with van der Waals surface area (Å²) in [6.45, 7) is 4.53. The van der Waals surface area contributed by atoms with Crippen molar-refractivity contribution in [3.63, 3.8) is 0 Å². The molecule has 0 aromatic heterocycles. The van der Waals surface area contributed by atoms with E-state index in [1.807, 2.05) is 0 Å². The fourth-order valence-corrected chi connectivity index (χ4v) is 3.36. The van der Waals surface area contributed by atoms with E-state index < -0.39 is 0 Å². The number of nitrogens with two attached hydrogens (primary N) is 1. The first kappa shape index (κ1) is 16.4. The Balaban J connectivity index is 1.91. The summed E-state index contributed by atoms with van der Waals surface area (Å²) in [7, 11) is 0. The van der Waals surface area contributed by atoms with Gasteiger partial charge in [-0.05, 0) is 37.4 Å². The Bertz CT molecular complexity index is 499. The van der Waals surface area contributed by atoms with Crippen molar-refractivity contribution in [2.45, 2.75) is 26.2 Å². The molecule has 1 unspecified atom stereocenters. The topological polar surface area (TPSA) is 58.4 Å². The lowest BCUT2D eigenvalue weighted by atomic mass is 10.0. The van der Waals surface area contributed by atoms with Crippen LogP contribution in [0.3, 0.4) is 0 Å². The Morgan fingerprint density at radius 1 is 1.48 bits per heavy atom.